The highest BCUT2D eigenvalue weighted by atomic mass is 19.1. The molecule has 0 fully saturated rings. The number of hydrogen-bond donors (Lipinski definition) is 2. The first kappa shape index (κ1) is 23.2. The summed E-state index contributed by atoms with van der Waals surface area (Å²) in [5, 5.41) is 5.46. The lowest BCUT2D eigenvalue weighted by Gasteiger charge is -2.19. The fourth-order valence-electron chi connectivity index (χ4n) is 3.93. The highest BCUT2D eigenvalue weighted by Gasteiger charge is 2.23. The van der Waals surface area contributed by atoms with E-state index in [1.54, 1.807) is 25.1 Å². The minimum Gasteiger partial charge on any atom is -0.464 e. The van der Waals surface area contributed by atoms with E-state index in [4.69, 9.17) is 4.74 Å². The number of rotatable bonds is 7. The zero-order chi connectivity index (χ0) is 23.9. The fourth-order valence-corrected chi connectivity index (χ4v) is 3.93. The minimum absolute atomic E-state index is 0.228. The van der Waals surface area contributed by atoms with Gasteiger partial charge in [-0.15, -0.1) is 0 Å². The summed E-state index contributed by atoms with van der Waals surface area (Å²) in [4.78, 5) is 29.6. The van der Waals surface area contributed by atoms with Gasteiger partial charge in [0, 0.05) is 29.8 Å². The molecule has 3 aromatic rings. The molecule has 0 aromatic heterocycles. The van der Waals surface area contributed by atoms with E-state index in [2.05, 4.69) is 15.6 Å². The standard InChI is InChI=1S/C27H26FN3O3/c1-2-34-26(32)24(16-18-6-4-3-5-7-18)31-27(33)30-22-12-9-20(10-13-22)25-23-17-21(28)11-8-19(23)14-15-29-25/h3-13,17,24H,2,14-16H2,1H3,(H2,30,31,33). The molecular formula is C27H26FN3O3. The Labute approximate surface area is 197 Å². The molecule has 2 amide bonds. The summed E-state index contributed by atoms with van der Waals surface area (Å²) in [6.45, 7) is 2.60. The van der Waals surface area contributed by atoms with Gasteiger partial charge >= 0.3 is 12.0 Å². The molecule has 0 saturated heterocycles. The predicted molar refractivity (Wildman–Crippen MR) is 130 cm³/mol. The summed E-state index contributed by atoms with van der Waals surface area (Å²) >= 11 is 0. The van der Waals surface area contributed by atoms with Gasteiger partial charge in [0.05, 0.1) is 12.3 Å². The third kappa shape index (κ3) is 5.67. The van der Waals surface area contributed by atoms with Crippen LogP contribution >= 0.6 is 0 Å². The van der Waals surface area contributed by atoms with Crippen molar-refractivity contribution in [1.29, 1.82) is 0 Å². The lowest BCUT2D eigenvalue weighted by atomic mass is 9.93. The Bertz CT molecular complexity index is 1190. The molecule has 1 unspecified atom stereocenters. The van der Waals surface area contributed by atoms with Crippen LogP contribution in [0.2, 0.25) is 0 Å². The second-order valence-corrected chi connectivity index (χ2v) is 7.95. The average molecular weight is 460 g/mol. The molecule has 0 bridgehead atoms. The number of anilines is 1. The summed E-state index contributed by atoms with van der Waals surface area (Å²) < 4.78 is 18.9. The topological polar surface area (TPSA) is 79.8 Å². The molecular weight excluding hydrogens is 433 g/mol. The maximum atomic E-state index is 13.8. The molecule has 1 aliphatic rings. The van der Waals surface area contributed by atoms with Crippen molar-refractivity contribution in [3.8, 4) is 0 Å². The number of carbonyl (C=O) groups excluding carboxylic acids is 2. The normalized spacial score (nSPS) is 13.3. The summed E-state index contributed by atoms with van der Waals surface area (Å²) in [5.41, 5.74) is 4.90. The van der Waals surface area contributed by atoms with Gasteiger partial charge in [0.15, 0.2) is 0 Å². The number of nitrogens with one attached hydrogen (secondary N) is 2. The van der Waals surface area contributed by atoms with Crippen LogP contribution in [0.5, 0.6) is 0 Å². The fraction of sp³-hybridized carbons (Fsp3) is 0.222. The van der Waals surface area contributed by atoms with Gasteiger partial charge in [0.25, 0.3) is 0 Å². The first-order valence-electron chi connectivity index (χ1n) is 11.2. The maximum Gasteiger partial charge on any atom is 0.329 e. The van der Waals surface area contributed by atoms with E-state index in [1.165, 1.54) is 12.1 Å². The summed E-state index contributed by atoms with van der Waals surface area (Å²) in [6, 6.07) is 20.1. The molecule has 6 nitrogen and oxygen atoms in total. The van der Waals surface area contributed by atoms with E-state index in [9.17, 15) is 14.0 Å². The molecule has 2 N–H and O–H groups in total. The largest absolute Gasteiger partial charge is 0.464 e. The van der Waals surface area contributed by atoms with E-state index in [1.807, 2.05) is 42.5 Å². The van der Waals surface area contributed by atoms with E-state index in [0.29, 0.717) is 18.7 Å². The molecule has 0 radical (unpaired) electrons. The van der Waals surface area contributed by atoms with Crippen LogP contribution in [0.15, 0.2) is 77.8 Å². The number of hydrogen-bond acceptors (Lipinski definition) is 4. The Hall–Kier alpha value is -4.00. The van der Waals surface area contributed by atoms with Crippen LogP contribution in [-0.4, -0.2) is 36.9 Å². The third-order valence-corrected chi connectivity index (χ3v) is 5.55. The maximum absolute atomic E-state index is 13.8. The number of nitrogens with zero attached hydrogens (tertiary/aromatic N) is 1. The Morgan fingerprint density at radius 2 is 1.82 bits per heavy atom. The van der Waals surface area contributed by atoms with Crippen LogP contribution in [0.1, 0.15) is 29.2 Å². The van der Waals surface area contributed by atoms with Crippen molar-refractivity contribution in [1.82, 2.24) is 5.32 Å². The van der Waals surface area contributed by atoms with Gasteiger partial charge in [-0.3, -0.25) is 4.99 Å². The van der Waals surface area contributed by atoms with Gasteiger partial charge in [0.1, 0.15) is 11.9 Å². The van der Waals surface area contributed by atoms with Crippen molar-refractivity contribution in [3.63, 3.8) is 0 Å². The Balaban J connectivity index is 1.43. The van der Waals surface area contributed by atoms with Crippen LogP contribution in [0.4, 0.5) is 14.9 Å². The lowest BCUT2D eigenvalue weighted by Crippen LogP contribution is -2.45. The van der Waals surface area contributed by atoms with E-state index in [0.717, 1.165) is 34.4 Å². The van der Waals surface area contributed by atoms with Crippen molar-refractivity contribution in [2.24, 2.45) is 4.99 Å². The number of fused-ring (bicyclic) bond motifs is 1. The first-order chi connectivity index (χ1) is 16.5. The lowest BCUT2D eigenvalue weighted by molar-refractivity contribution is -0.145. The number of halogens is 1. The van der Waals surface area contributed by atoms with Crippen molar-refractivity contribution in [2.45, 2.75) is 25.8 Å². The van der Waals surface area contributed by atoms with Gasteiger partial charge in [-0.05, 0) is 48.7 Å². The van der Waals surface area contributed by atoms with Crippen molar-refractivity contribution in [2.75, 3.05) is 18.5 Å². The summed E-state index contributed by atoms with van der Waals surface area (Å²) in [5.74, 6) is -0.784. The number of aliphatic imine (C=N–C) groups is 1. The van der Waals surface area contributed by atoms with Gasteiger partial charge in [0.2, 0.25) is 0 Å². The van der Waals surface area contributed by atoms with Gasteiger partial charge in [-0.1, -0.05) is 48.5 Å². The molecule has 0 saturated carbocycles. The monoisotopic (exact) mass is 459 g/mol. The molecule has 1 heterocycles. The van der Waals surface area contributed by atoms with Crippen molar-refractivity contribution in [3.05, 3.63) is 101 Å². The van der Waals surface area contributed by atoms with Crippen molar-refractivity contribution < 1.29 is 18.7 Å². The smallest absolute Gasteiger partial charge is 0.329 e. The second kappa shape index (κ2) is 10.7. The number of urea groups is 1. The molecule has 7 heteroatoms. The van der Waals surface area contributed by atoms with Crippen LogP contribution in [0, 0.1) is 5.82 Å². The first-order valence-corrected chi connectivity index (χ1v) is 11.2. The minimum atomic E-state index is -0.815. The number of amides is 2. The van der Waals surface area contributed by atoms with E-state index < -0.39 is 18.0 Å². The number of benzene rings is 3. The number of esters is 1. The Morgan fingerprint density at radius 3 is 2.56 bits per heavy atom. The number of carbonyl (C=O) groups is 2. The molecule has 1 atom stereocenters. The summed E-state index contributed by atoms with van der Waals surface area (Å²) in [7, 11) is 0. The van der Waals surface area contributed by atoms with Crippen LogP contribution in [0.25, 0.3) is 0 Å². The highest BCUT2D eigenvalue weighted by Crippen LogP contribution is 2.22. The average Bonchev–Trinajstić information content (AvgIpc) is 2.84. The molecule has 4 rings (SSSR count). The van der Waals surface area contributed by atoms with Gasteiger partial charge in [-0.2, -0.15) is 0 Å². The molecule has 174 valence electrons. The zero-order valence-corrected chi connectivity index (χ0v) is 18.9. The quantitative estimate of drug-likeness (QED) is 0.510. The number of ether oxygens (including phenoxy) is 1. The second-order valence-electron chi connectivity index (χ2n) is 7.95. The molecule has 0 aliphatic carbocycles. The third-order valence-electron chi connectivity index (χ3n) is 5.55. The molecule has 1 aliphatic heterocycles. The zero-order valence-electron chi connectivity index (χ0n) is 18.9. The van der Waals surface area contributed by atoms with Crippen LogP contribution in [-0.2, 0) is 22.4 Å². The van der Waals surface area contributed by atoms with Crippen LogP contribution < -0.4 is 10.6 Å². The SMILES string of the molecule is CCOC(=O)C(Cc1ccccc1)NC(=O)Nc1ccc(C2=NCCc3ccc(F)cc32)cc1. The van der Waals surface area contributed by atoms with E-state index in [-0.39, 0.29) is 12.4 Å². The molecule has 0 spiro atoms. The van der Waals surface area contributed by atoms with Gasteiger partial charge in [-0.25, -0.2) is 14.0 Å². The van der Waals surface area contributed by atoms with Crippen LogP contribution in [0.3, 0.4) is 0 Å². The molecule has 3 aromatic carbocycles. The highest BCUT2D eigenvalue weighted by molar-refractivity contribution is 6.14. The Morgan fingerprint density at radius 1 is 1.06 bits per heavy atom. The summed E-state index contributed by atoms with van der Waals surface area (Å²) in [6.07, 6.45) is 1.10. The molecule has 34 heavy (non-hydrogen) atoms. The van der Waals surface area contributed by atoms with Crippen molar-refractivity contribution >= 4 is 23.4 Å². The predicted octanol–water partition coefficient (Wildman–Crippen LogP) is 4.52. The Kier molecular flexibility index (Phi) is 7.32. The van der Waals surface area contributed by atoms with E-state index >= 15 is 0 Å². The van der Waals surface area contributed by atoms with Gasteiger partial charge < -0.3 is 15.4 Å².